The summed E-state index contributed by atoms with van der Waals surface area (Å²) in [6.07, 6.45) is 13.6. The van der Waals surface area contributed by atoms with Crippen molar-refractivity contribution >= 4 is 11.9 Å². The van der Waals surface area contributed by atoms with Gasteiger partial charge in [0.05, 0.1) is 6.61 Å². The molecule has 28 heavy (non-hydrogen) atoms. The van der Waals surface area contributed by atoms with Crippen LogP contribution in [0.1, 0.15) is 98.3 Å². The summed E-state index contributed by atoms with van der Waals surface area (Å²) in [7, 11) is 0. The number of rotatable bonds is 16. The van der Waals surface area contributed by atoms with E-state index in [9.17, 15) is 9.59 Å². The van der Waals surface area contributed by atoms with Crippen LogP contribution in [0, 0.1) is 11.8 Å². The number of aliphatic carboxylic acids is 1. The van der Waals surface area contributed by atoms with Gasteiger partial charge >= 0.3 is 11.9 Å². The zero-order valence-corrected chi connectivity index (χ0v) is 18.8. The van der Waals surface area contributed by atoms with Crippen LogP contribution in [0.2, 0.25) is 0 Å². The molecule has 0 atom stereocenters. The standard InChI is InChI=1S/2C12H22O2/c1-10(2)8-6-4-5-7-9-11(3)12(13)14;1-4-12(13)14-10-8-6-5-7-9-11(2)3/h10H,3-9H2,1-2H3,(H,13,14);4,11H,1,5-10H2,2-3H3. The van der Waals surface area contributed by atoms with Gasteiger partial charge in [-0.2, -0.15) is 0 Å². The fraction of sp³-hybridized carbons (Fsp3) is 0.750. The molecule has 0 saturated heterocycles. The molecular formula is C24H44O4. The summed E-state index contributed by atoms with van der Waals surface area (Å²) < 4.78 is 4.86. The molecular weight excluding hydrogens is 352 g/mol. The van der Waals surface area contributed by atoms with E-state index >= 15 is 0 Å². The van der Waals surface area contributed by atoms with Crippen molar-refractivity contribution in [1.29, 1.82) is 0 Å². The maximum atomic E-state index is 10.6. The van der Waals surface area contributed by atoms with Gasteiger partial charge in [-0.05, 0) is 31.1 Å². The highest BCUT2D eigenvalue weighted by Crippen LogP contribution is 2.12. The topological polar surface area (TPSA) is 63.6 Å². The predicted octanol–water partition coefficient (Wildman–Crippen LogP) is 6.95. The zero-order chi connectivity index (χ0) is 21.8. The highest BCUT2D eigenvalue weighted by Gasteiger charge is 2.02. The fourth-order valence-electron chi connectivity index (χ4n) is 2.59. The van der Waals surface area contributed by atoms with E-state index in [1.165, 1.54) is 44.6 Å². The third-order valence-electron chi connectivity index (χ3n) is 4.40. The van der Waals surface area contributed by atoms with E-state index in [4.69, 9.17) is 9.84 Å². The first kappa shape index (κ1) is 28.6. The van der Waals surface area contributed by atoms with Gasteiger partial charge in [0.25, 0.3) is 0 Å². The molecule has 0 unspecified atom stereocenters. The van der Waals surface area contributed by atoms with Crippen molar-refractivity contribution < 1.29 is 19.4 Å². The molecule has 164 valence electrons. The third-order valence-corrected chi connectivity index (χ3v) is 4.40. The first-order chi connectivity index (χ1) is 13.2. The largest absolute Gasteiger partial charge is 0.478 e. The Balaban J connectivity index is 0. The number of hydrogen-bond donors (Lipinski definition) is 1. The zero-order valence-electron chi connectivity index (χ0n) is 18.8. The number of carbonyl (C=O) groups is 2. The maximum Gasteiger partial charge on any atom is 0.330 e. The van der Waals surface area contributed by atoms with E-state index in [1.807, 2.05) is 0 Å². The molecule has 0 amide bonds. The molecule has 0 aromatic carbocycles. The van der Waals surface area contributed by atoms with Gasteiger partial charge in [-0.1, -0.05) is 92.2 Å². The molecule has 0 rings (SSSR count). The van der Waals surface area contributed by atoms with Crippen molar-refractivity contribution in [2.75, 3.05) is 6.61 Å². The number of hydrogen-bond acceptors (Lipinski definition) is 3. The van der Waals surface area contributed by atoms with Crippen LogP contribution < -0.4 is 0 Å². The Morgan fingerprint density at radius 3 is 1.75 bits per heavy atom. The number of unbranched alkanes of at least 4 members (excludes halogenated alkanes) is 6. The van der Waals surface area contributed by atoms with Gasteiger partial charge in [-0.3, -0.25) is 0 Å². The van der Waals surface area contributed by atoms with Crippen molar-refractivity contribution in [3.05, 3.63) is 24.8 Å². The van der Waals surface area contributed by atoms with Crippen LogP contribution in [0.25, 0.3) is 0 Å². The lowest BCUT2D eigenvalue weighted by molar-refractivity contribution is -0.138. The molecule has 0 heterocycles. The highest BCUT2D eigenvalue weighted by molar-refractivity contribution is 5.85. The van der Waals surface area contributed by atoms with Crippen LogP contribution in [0.4, 0.5) is 0 Å². The smallest absolute Gasteiger partial charge is 0.330 e. The normalized spacial score (nSPS) is 10.4. The lowest BCUT2D eigenvalue weighted by atomic mass is 10.0. The summed E-state index contributed by atoms with van der Waals surface area (Å²) >= 11 is 0. The minimum absolute atomic E-state index is 0.313. The first-order valence-electron chi connectivity index (χ1n) is 10.9. The molecule has 0 spiro atoms. The van der Waals surface area contributed by atoms with Crippen molar-refractivity contribution in [2.24, 2.45) is 11.8 Å². The molecule has 0 radical (unpaired) electrons. The maximum absolute atomic E-state index is 10.6. The second kappa shape index (κ2) is 20.2. The number of carboxylic acids is 1. The highest BCUT2D eigenvalue weighted by atomic mass is 16.5. The van der Waals surface area contributed by atoms with Crippen LogP contribution in [-0.4, -0.2) is 23.7 Å². The number of ether oxygens (including phenoxy) is 1. The Labute approximate surface area is 173 Å². The van der Waals surface area contributed by atoms with Crippen LogP contribution in [0.15, 0.2) is 24.8 Å². The third kappa shape index (κ3) is 24.4. The number of carboxylic acid groups (broad SMARTS) is 1. The molecule has 0 bridgehead atoms. The Morgan fingerprint density at radius 1 is 0.857 bits per heavy atom. The predicted molar refractivity (Wildman–Crippen MR) is 118 cm³/mol. The average Bonchev–Trinajstić information content (AvgIpc) is 2.63. The van der Waals surface area contributed by atoms with Crippen molar-refractivity contribution in [2.45, 2.75) is 98.3 Å². The minimum Gasteiger partial charge on any atom is -0.478 e. The van der Waals surface area contributed by atoms with Gasteiger partial charge in [0.2, 0.25) is 0 Å². The molecule has 0 fully saturated rings. The average molecular weight is 397 g/mol. The minimum atomic E-state index is -0.854. The molecule has 0 aromatic heterocycles. The summed E-state index contributed by atoms with van der Waals surface area (Å²) in [5.74, 6) is 0.414. The molecule has 0 saturated carbocycles. The lowest BCUT2D eigenvalue weighted by Crippen LogP contribution is -2.01. The van der Waals surface area contributed by atoms with E-state index in [-0.39, 0.29) is 5.97 Å². The second-order valence-electron chi connectivity index (χ2n) is 8.22. The van der Waals surface area contributed by atoms with Crippen LogP contribution in [0.3, 0.4) is 0 Å². The fourth-order valence-corrected chi connectivity index (χ4v) is 2.59. The second-order valence-corrected chi connectivity index (χ2v) is 8.22. The van der Waals surface area contributed by atoms with E-state index in [1.54, 1.807) is 0 Å². The molecule has 1 N–H and O–H groups in total. The van der Waals surface area contributed by atoms with E-state index in [0.717, 1.165) is 37.5 Å². The number of carbonyl (C=O) groups excluding carboxylic acids is 1. The van der Waals surface area contributed by atoms with Gasteiger partial charge in [-0.15, -0.1) is 0 Å². The van der Waals surface area contributed by atoms with Crippen molar-refractivity contribution in [1.82, 2.24) is 0 Å². The summed E-state index contributed by atoms with van der Waals surface area (Å²) in [6, 6.07) is 0. The summed E-state index contributed by atoms with van der Waals surface area (Å²) in [6.45, 7) is 16.3. The molecule has 0 aliphatic heterocycles. The molecule has 0 aliphatic carbocycles. The first-order valence-corrected chi connectivity index (χ1v) is 10.9. The van der Waals surface area contributed by atoms with Crippen LogP contribution in [-0.2, 0) is 14.3 Å². The van der Waals surface area contributed by atoms with Crippen LogP contribution >= 0.6 is 0 Å². The molecule has 0 aliphatic rings. The van der Waals surface area contributed by atoms with E-state index in [0.29, 0.717) is 18.6 Å². The Kier molecular flexibility index (Phi) is 20.6. The summed E-state index contributed by atoms with van der Waals surface area (Å²) in [4.78, 5) is 21.1. The molecule has 4 nitrogen and oxygen atoms in total. The Hall–Kier alpha value is -1.58. The molecule has 4 heteroatoms. The SMILES string of the molecule is C=C(CCCCCCC(C)C)C(=O)O.C=CC(=O)OCCCCCCC(C)C. The van der Waals surface area contributed by atoms with E-state index in [2.05, 4.69) is 40.9 Å². The Morgan fingerprint density at radius 2 is 1.32 bits per heavy atom. The van der Waals surface area contributed by atoms with Gasteiger partial charge < -0.3 is 9.84 Å². The van der Waals surface area contributed by atoms with Gasteiger partial charge in [0.1, 0.15) is 0 Å². The lowest BCUT2D eigenvalue weighted by Gasteiger charge is -2.04. The summed E-state index contributed by atoms with van der Waals surface area (Å²) in [5, 5.41) is 8.56. The Bertz CT molecular complexity index is 422. The summed E-state index contributed by atoms with van der Waals surface area (Å²) in [5.41, 5.74) is 0.342. The van der Waals surface area contributed by atoms with Gasteiger partial charge in [0, 0.05) is 11.6 Å². The van der Waals surface area contributed by atoms with Crippen LogP contribution in [0.5, 0.6) is 0 Å². The van der Waals surface area contributed by atoms with Gasteiger partial charge in [0.15, 0.2) is 0 Å². The monoisotopic (exact) mass is 396 g/mol. The number of esters is 1. The molecule has 0 aromatic rings. The van der Waals surface area contributed by atoms with Gasteiger partial charge in [-0.25, -0.2) is 9.59 Å². The van der Waals surface area contributed by atoms with Crippen molar-refractivity contribution in [3.8, 4) is 0 Å². The quantitative estimate of drug-likeness (QED) is 0.174. The van der Waals surface area contributed by atoms with E-state index < -0.39 is 5.97 Å². The van der Waals surface area contributed by atoms with Crippen molar-refractivity contribution in [3.63, 3.8) is 0 Å².